The topological polar surface area (TPSA) is 291 Å². The number of hydrogen-bond donors (Lipinski definition) is 4. The number of benzene rings is 5. The van der Waals surface area contributed by atoms with Gasteiger partial charge in [0.05, 0.1) is 18.1 Å². The van der Waals surface area contributed by atoms with Crippen molar-refractivity contribution in [1.29, 1.82) is 0 Å². The smallest absolute Gasteiger partial charge is 0.448 e. The van der Waals surface area contributed by atoms with E-state index in [9.17, 15) is 38.4 Å². The van der Waals surface area contributed by atoms with Gasteiger partial charge in [-0.05, 0) is 179 Å². The van der Waals surface area contributed by atoms with Crippen LogP contribution in [0.3, 0.4) is 0 Å². The third kappa shape index (κ3) is 14.4. The Balaban J connectivity index is 0.000000120. The SMILES string of the molecule is CC(C)(C)OC(=O)N1[C@@H]2C[C@@H]2C[C@H]1C(=O)C[C@@H]1C[C@H]1c1ccccc1Cl.NC(=O)c1nn(OC(=O)N2[C@@H]3C[C@@H]3C[C@H]2C(=O)C[C@@H]2C[C@H]2c2ccccc2Cl)c2ccccc12.NC(=O)c1nn(OC(=O)O)c2ccccc12.O=C(C[C@@H]1C[C@H]1c1ccccc1Cl)[C@@H]1C[C@H]2C[C@H]2N1. The first-order chi connectivity index (χ1) is 45.5. The number of primary amides is 2. The van der Waals surface area contributed by atoms with Gasteiger partial charge in [-0.3, -0.25) is 43.4 Å². The molecule has 6 aliphatic carbocycles. The number of halogens is 3. The molecular weight excluding hydrogens is 1280 g/mol. The molecule has 4 amide bonds. The predicted molar refractivity (Wildman–Crippen MR) is 353 cm³/mol. The van der Waals surface area contributed by atoms with E-state index in [1.807, 2.05) is 81.4 Å². The molecular formula is C71H74Cl3N9O12. The summed E-state index contributed by atoms with van der Waals surface area (Å²) in [4.78, 5) is 112. The number of para-hydroxylation sites is 2. The van der Waals surface area contributed by atoms with Crippen molar-refractivity contribution in [2.75, 3.05) is 0 Å². The van der Waals surface area contributed by atoms with E-state index < -0.39 is 35.7 Å². The van der Waals surface area contributed by atoms with Crippen LogP contribution in [-0.2, 0) is 19.1 Å². The first kappa shape index (κ1) is 65.3. The molecule has 7 aromatic rings. The van der Waals surface area contributed by atoms with Crippen molar-refractivity contribution in [3.63, 3.8) is 0 Å². The normalized spacial score (nSPS) is 27.9. The van der Waals surface area contributed by atoms with Crippen molar-refractivity contribution >= 4 is 104 Å². The van der Waals surface area contributed by atoms with Crippen LogP contribution in [0.5, 0.6) is 0 Å². The van der Waals surface area contributed by atoms with E-state index in [2.05, 4.69) is 32.5 Å². The number of ether oxygens (including phenoxy) is 1. The molecule has 9 aliphatic rings. The summed E-state index contributed by atoms with van der Waals surface area (Å²) in [6.07, 6.45) is 7.93. The van der Waals surface area contributed by atoms with Gasteiger partial charge in [0.1, 0.15) is 22.4 Å². The van der Waals surface area contributed by atoms with Gasteiger partial charge in [-0.15, -0.1) is 10.2 Å². The minimum absolute atomic E-state index is 0.0115. The van der Waals surface area contributed by atoms with Crippen LogP contribution in [0.4, 0.5) is 14.4 Å². The van der Waals surface area contributed by atoms with E-state index in [-0.39, 0.29) is 65.1 Å². The molecule has 0 unspecified atom stereocenters. The molecule has 6 saturated carbocycles. The highest BCUT2D eigenvalue weighted by Gasteiger charge is 2.59. The number of rotatable bonds is 16. The fraction of sp³-hybridized carbons (Fsp3) is 0.437. The second-order valence-electron chi connectivity index (χ2n) is 27.8. The quantitative estimate of drug-likeness (QED) is 0.0699. The fourth-order valence-electron chi connectivity index (χ4n) is 14.7. The number of likely N-dealkylation sites (tertiary alicyclic amines) is 2. The third-order valence-electron chi connectivity index (χ3n) is 20.0. The van der Waals surface area contributed by atoms with Crippen LogP contribution in [0, 0.1) is 35.5 Å². The Morgan fingerprint density at radius 2 is 0.905 bits per heavy atom. The summed E-state index contributed by atoms with van der Waals surface area (Å²) in [7, 11) is 0. The van der Waals surface area contributed by atoms with Crippen molar-refractivity contribution in [2.45, 2.75) is 157 Å². The standard InChI is InChI=1S/C25H23ClN4O4.C21H26ClNO3.C16H18ClNO.C9H7N3O4/c26-18-7-3-1-5-15(18)17-9-13(17)12-22(31)21-11-14-10-20(14)29(21)25(33)34-30-19-8-4-2-6-16(19)23(28-30)24(27)32;1-21(2,3)26-20(25)23-17-9-13(17)10-18(23)19(24)11-12-8-15(12)14-6-4-5-7-16(14)22;17-13-4-2-1-3-11(13)12-5-9(12)8-16(19)15-7-10-6-14(10)18-15;10-8(13)7-5-3-1-2-4-6(5)12(11-7)16-9(14)15/h1-8,13-14,17,20-21H,9-12H2,(H2,27,32);4-7,12-13,15,17-18H,8-11H2,1-3H3;1-4,9-10,12,14-15,18H,5-8H2;1-4H,(H2,10,13)(H,14,15)/t13-,14+,17+,20+,21-;12-,13+,15+,17+,18-;9-,10+,12+,14+,15-;/m000./s1. The number of fused-ring (bicyclic) bond motifs is 5. The lowest BCUT2D eigenvalue weighted by Crippen LogP contribution is -2.46. The molecule has 5 aromatic carbocycles. The predicted octanol–water partition coefficient (Wildman–Crippen LogP) is 11.8. The molecule has 0 radical (unpaired) electrons. The third-order valence-corrected chi connectivity index (χ3v) is 21.0. The molecule has 0 spiro atoms. The molecule has 496 valence electrons. The molecule has 2 aromatic heterocycles. The molecule has 95 heavy (non-hydrogen) atoms. The zero-order valence-electron chi connectivity index (χ0n) is 52.6. The number of piperidine rings is 3. The minimum Gasteiger partial charge on any atom is -0.448 e. The van der Waals surface area contributed by atoms with E-state index in [0.29, 0.717) is 88.4 Å². The molecule has 21 nitrogen and oxygen atoms in total. The summed E-state index contributed by atoms with van der Waals surface area (Å²) in [5.74, 6) is 3.11. The van der Waals surface area contributed by atoms with Crippen molar-refractivity contribution in [1.82, 2.24) is 35.0 Å². The number of Topliss-reactive ketones (excluding diaryl/α,β-unsaturated/α-hetero) is 3. The van der Waals surface area contributed by atoms with Crippen LogP contribution in [0.2, 0.25) is 15.1 Å². The van der Waals surface area contributed by atoms with Crippen molar-refractivity contribution in [3.05, 3.63) is 164 Å². The zero-order valence-corrected chi connectivity index (χ0v) is 54.9. The van der Waals surface area contributed by atoms with Crippen molar-refractivity contribution in [3.8, 4) is 0 Å². The molecule has 5 heterocycles. The average Bonchev–Trinajstić information content (AvgIpc) is 1.57. The van der Waals surface area contributed by atoms with Crippen LogP contribution in [0.25, 0.3) is 21.8 Å². The van der Waals surface area contributed by atoms with Gasteiger partial charge in [-0.2, -0.15) is 0 Å². The van der Waals surface area contributed by atoms with Gasteiger partial charge in [0.15, 0.2) is 23.0 Å². The number of hydrogen-bond acceptors (Lipinski definition) is 14. The maximum atomic E-state index is 13.2. The van der Waals surface area contributed by atoms with Gasteiger partial charge in [0.2, 0.25) is 0 Å². The lowest BCUT2D eigenvalue weighted by atomic mass is 10.0. The summed E-state index contributed by atoms with van der Waals surface area (Å²) in [5, 5.41) is 23.0. The summed E-state index contributed by atoms with van der Waals surface area (Å²) >= 11 is 18.8. The summed E-state index contributed by atoms with van der Waals surface area (Å²) < 4.78 is 5.54. The lowest BCUT2D eigenvalue weighted by Gasteiger charge is -2.30. The van der Waals surface area contributed by atoms with E-state index in [1.165, 1.54) is 12.0 Å². The Hall–Kier alpha value is -8.37. The summed E-state index contributed by atoms with van der Waals surface area (Å²) in [6.45, 7) is 5.59. The average molecular weight is 1350 g/mol. The second-order valence-corrected chi connectivity index (χ2v) is 29.0. The van der Waals surface area contributed by atoms with Gasteiger partial charge in [0.25, 0.3) is 11.8 Å². The van der Waals surface area contributed by atoms with Gasteiger partial charge < -0.3 is 26.6 Å². The van der Waals surface area contributed by atoms with E-state index in [0.717, 1.165) is 93.2 Å². The summed E-state index contributed by atoms with van der Waals surface area (Å²) in [5.41, 5.74) is 14.3. The van der Waals surface area contributed by atoms with Crippen LogP contribution in [-0.4, -0.2) is 124 Å². The maximum absolute atomic E-state index is 13.2. The molecule has 0 bridgehead atoms. The van der Waals surface area contributed by atoms with E-state index >= 15 is 0 Å². The highest BCUT2D eigenvalue weighted by Crippen LogP contribution is 2.56. The number of carbonyl (C=O) groups excluding carboxylic acids is 7. The maximum Gasteiger partial charge on any atom is 0.532 e. The largest absolute Gasteiger partial charge is 0.532 e. The van der Waals surface area contributed by atoms with Crippen LogP contribution < -0.4 is 26.5 Å². The lowest BCUT2D eigenvalue weighted by molar-refractivity contribution is -0.124. The van der Waals surface area contributed by atoms with Crippen LogP contribution in [0.1, 0.15) is 153 Å². The Bertz CT molecular complexity index is 4200. The number of carbonyl (C=O) groups is 8. The molecule has 15 atom stereocenters. The van der Waals surface area contributed by atoms with Crippen LogP contribution >= 0.6 is 34.8 Å². The first-order valence-corrected chi connectivity index (χ1v) is 33.7. The Kier molecular flexibility index (Phi) is 18.1. The second kappa shape index (κ2) is 26.3. The number of nitrogens with one attached hydrogen (secondary N) is 1. The monoisotopic (exact) mass is 1350 g/mol. The highest BCUT2D eigenvalue weighted by atomic mass is 35.5. The van der Waals surface area contributed by atoms with E-state index in [1.54, 1.807) is 58.3 Å². The molecule has 24 heteroatoms. The first-order valence-electron chi connectivity index (χ1n) is 32.5. The van der Waals surface area contributed by atoms with Crippen molar-refractivity contribution in [2.24, 2.45) is 47.0 Å². The van der Waals surface area contributed by atoms with E-state index in [4.69, 9.17) is 61.0 Å². The summed E-state index contributed by atoms with van der Waals surface area (Å²) in [6, 6.07) is 37.3. The molecule has 9 fully saturated rings. The number of nitrogens with zero attached hydrogens (tertiary/aromatic N) is 6. The molecule has 16 rings (SSSR count). The molecule has 3 saturated heterocycles. The number of aromatic nitrogens is 4. The van der Waals surface area contributed by atoms with Gasteiger partial charge in [-0.25, -0.2) is 14.4 Å². The van der Waals surface area contributed by atoms with Gasteiger partial charge >= 0.3 is 18.3 Å². The highest BCUT2D eigenvalue weighted by molar-refractivity contribution is 6.32. The number of nitrogens with two attached hydrogens (primary N) is 2. The molecule has 6 N–H and O–H groups in total. The minimum atomic E-state index is -1.52. The number of ketones is 3. The Morgan fingerprint density at radius 3 is 1.31 bits per heavy atom. The Morgan fingerprint density at radius 1 is 0.505 bits per heavy atom. The zero-order chi connectivity index (χ0) is 66.9. The Labute approximate surface area is 562 Å². The fourth-order valence-corrected chi connectivity index (χ4v) is 15.6. The van der Waals surface area contributed by atoms with Gasteiger partial charge in [0, 0.05) is 63.2 Å². The molecule has 3 aliphatic heterocycles. The number of amides is 4. The van der Waals surface area contributed by atoms with Crippen molar-refractivity contribution < 1.29 is 57.9 Å². The number of carboxylic acid groups (broad SMARTS) is 1. The van der Waals surface area contributed by atoms with Crippen LogP contribution in [0.15, 0.2) is 121 Å². The van der Waals surface area contributed by atoms with Gasteiger partial charge in [-0.1, -0.05) is 135 Å².